The predicted molar refractivity (Wildman–Crippen MR) is 80.0 cm³/mol. The fourth-order valence-corrected chi connectivity index (χ4v) is 2.59. The lowest BCUT2D eigenvalue weighted by Crippen LogP contribution is -2.33. The zero-order valence-corrected chi connectivity index (χ0v) is 12.8. The molecule has 2 rings (SSSR count). The third kappa shape index (κ3) is 2.90. The molecule has 0 amide bonds. The molecular weight excluding hydrogens is 286 g/mol. The molecule has 118 valence electrons. The molecule has 0 aromatic heterocycles. The average molecular weight is 305 g/mol. The summed E-state index contributed by atoms with van der Waals surface area (Å²) in [4.78, 5) is 25.0. The lowest BCUT2D eigenvalue weighted by Gasteiger charge is -2.33. The van der Waals surface area contributed by atoms with E-state index in [2.05, 4.69) is 0 Å². The molecule has 1 unspecified atom stereocenters. The second-order valence-electron chi connectivity index (χ2n) is 4.94. The standard InChI is InChI=1S/C16H19NO5/c1-4-17-9-11(16(19)20)13(18)8-12(17)10-5-6-14(21-2)15(7-10)22-3/h5-7,9,12H,4,8H2,1-3H3,(H,19,20). The van der Waals surface area contributed by atoms with Crippen molar-refractivity contribution < 1.29 is 24.2 Å². The van der Waals surface area contributed by atoms with Gasteiger partial charge in [0.25, 0.3) is 0 Å². The number of benzene rings is 1. The zero-order valence-electron chi connectivity index (χ0n) is 12.8. The van der Waals surface area contributed by atoms with Crippen LogP contribution in [0.1, 0.15) is 24.9 Å². The van der Waals surface area contributed by atoms with Gasteiger partial charge in [-0.1, -0.05) is 6.07 Å². The van der Waals surface area contributed by atoms with Crippen molar-refractivity contribution in [2.45, 2.75) is 19.4 Å². The first kappa shape index (κ1) is 15.9. The van der Waals surface area contributed by atoms with Gasteiger partial charge in [0.1, 0.15) is 5.57 Å². The summed E-state index contributed by atoms with van der Waals surface area (Å²) < 4.78 is 10.5. The second kappa shape index (κ2) is 6.51. The van der Waals surface area contributed by atoms with E-state index >= 15 is 0 Å². The third-order valence-electron chi connectivity index (χ3n) is 3.76. The van der Waals surface area contributed by atoms with E-state index < -0.39 is 5.97 Å². The number of carboxylic acid groups (broad SMARTS) is 1. The van der Waals surface area contributed by atoms with Crippen molar-refractivity contribution in [1.82, 2.24) is 4.90 Å². The molecule has 1 aromatic carbocycles. The van der Waals surface area contributed by atoms with Gasteiger partial charge >= 0.3 is 5.97 Å². The summed E-state index contributed by atoms with van der Waals surface area (Å²) in [5.74, 6) is -0.360. The molecule has 22 heavy (non-hydrogen) atoms. The van der Waals surface area contributed by atoms with Gasteiger partial charge in [-0.25, -0.2) is 4.79 Å². The molecule has 0 bridgehead atoms. The molecule has 0 spiro atoms. The molecule has 6 nitrogen and oxygen atoms in total. The Kier molecular flexibility index (Phi) is 4.70. The Labute approximate surface area is 128 Å². The first-order valence-corrected chi connectivity index (χ1v) is 6.97. The highest BCUT2D eigenvalue weighted by Crippen LogP contribution is 2.36. The topological polar surface area (TPSA) is 76.1 Å². The van der Waals surface area contributed by atoms with Crippen LogP contribution in [0.15, 0.2) is 30.0 Å². The Morgan fingerprint density at radius 1 is 1.32 bits per heavy atom. The smallest absolute Gasteiger partial charge is 0.340 e. The highest BCUT2D eigenvalue weighted by atomic mass is 16.5. The number of carbonyl (C=O) groups excluding carboxylic acids is 1. The molecule has 0 saturated heterocycles. The molecule has 1 aliphatic heterocycles. The van der Waals surface area contributed by atoms with Gasteiger partial charge in [0.05, 0.1) is 20.3 Å². The molecule has 0 fully saturated rings. The summed E-state index contributed by atoms with van der Waals surface area (Å²) >= 11 is 0. The van der Waals surface area contributed by atoms with Gasteiger partial charge in [0.15, 0.2) is 17.3 Å². The SMILES string of the molecule is CCN1C=C(C(=O)O)C(=O)CC1c1ccc(OC)c(OC)c1. The van der Waals surface area contributed by atoms with Crippen LogP contribution in [0.2, 0.25) is 0 Å². The van der Waals surface area contributed by atoms with Crippen molar-refractivity contribution in [3.8, 4) is 11.5 Å². The fraction of sp³-hybridized carbons (Fsp3) is 0.375. The Morgan fingerprint density at radius 3 is 2.55 bits per heavy atom. The van der Waals surface area contributed by atoms with Crippen LogP contribution in [0.3, 0.4) is 0 Å². The summed E-state index contributed by atoms with van der Waals surface area (Å²) in [6.07, 6.45) is 1.55. The van der Waals surface area contributed by atoms with Crippen molar-refractivity contribution in [3.63, 3.8) is 0 Å². The van der Waals surface area contributed by atoms with Gasteiger partial charge in [0.2, 0.25) is 0 Å². The quantitative estimate of drug-likeness (QED) is 0.839. The number of aliphatic carboxylic acids is 1. The average Bonchev–Trinajstić information content (AvgIpc) is 2.53. The summed E-state index contributed by atoms with van der Waals surface area (Å²) in [6, 6.07) is 5.25. The van der Waals surface area contributed by atoms with E-state index in [1.165, 1.54) is 6.20 Å². The number of carboxylic acids is 1. The van der Waals surface area contributed by atoms with Crippen molar-refractivity contribution in [1.29, 1.82) is 0 Å². The van der Waals surface area contributed by atoms with Crippen LogP contribution in [0.4, 0.5) is 0 Å². The molecule has 1 atom stereocenters. The van der Waals surface area contributed by atoms with Gasteiger partial charge in [-0.15, -0.1) is 0 Å². The van der Waals surface area contributed by atoms with Crippen LogP contribution >= 0.6 is 0 Å². The van der Waals surface area contributed by atoms with Crippen LogP contribution in [0, 0.1) is 0 Å². The maximum Gasteiger partial charge on any atom is 0.340 e. The van der Waals surface area contributed by atoms with Gasteiger partial charge in [0, 0.05) is 19.2 Å². The highest BCUT2D eigenvalue weighted by Gasteiger charge is 2.31. The molecular formula is C16H19NO5. The number of Topliss-reactive ketones (excluding diaryl/α,β-unsaturated/α-hetero) is 1. The number of ether oxygens (including phenoxy) is 2. The number of hydrogen-bond donors (Lipinski definition) is 1. The van der Waals surface area contributed by atoms with Gasteiger partial charge in [-0.05, 0) is 24.6 Å². The maximum absolute atomic E-state index is 12.0. The summed E-state index contributed by atoms with van der Waals surface area (Å²) in [5.41, 5.74) is 0.715. The van der Waals surface area contributed by atoms with Crippen LogP contribution in [0.5, 0.6) is 11.5 Å². The van der Waals surface area contributed by atoms with Gasteiger partial charge in [-0.3, -0.25) is 4.79 Å². The summed E-state index contributed by atoms with van der Waals surface area (Å²) in [7, 11) is 3.11. The van der Waals surface area contributed by atoms with Crippen molar-refractivity contribution in [2.75, 3.05) is 20.8 Å². The Morgan fingerprint density at radius 2 is 2.00 bits per heavy atom. The van der Waals surface area contributed by atoms with Gasteiger partial charge < -0.3 is 19.5 Å². The van der Waals surface area contributed by atoms with E-state index in [-0.39, 0.29) is 23.8 Å². The van der Waals surface area contributed by atoms with Gasteiger partial charge in [-0.2, -0.15) is 0 Å². The van der Waals surface area contributed by atoms with Crippen molar-refractivity contribution in [2.24, 2.45) is 0 Å². The summed E-state index contributed by atoms with van der Waals surface area (Å²) in [6.45, 7) is 2.52. The molecule has 0 saturated carbocycles. The van der Waals surface area contributed by atoms with Crippen molar-refractivity contribution >= 4 is 11.8 Å². The predicted octanol–water partition coefficient (Wildman–Crippen LogP) is 2.01. The molecule has 0 aliphatic carbocycles. The van der Waals surface area contributed by atoms with Crippen LogP contribution < -0.4 is 9.47 Å². The van der Waals surface area contributed by atoms with Crippen LogP contribution in [-0.2, 0) is 9.59 Å². The Bertz CT molecular complexity index is 623. The minimum atomic E-state index is -1.19. The highest BCUT2D eigenvalue weighted by molar-refractivity contribution is 6.17. The fourth-order valence-electron chi connectivity index (χ4n) is 2.59. The molecule has 6 heteroatoms. The second-order valence-corrected chi connectivity index (χ2v) is 4.94. The largest absolute Gasteiger partial charge is 0.493 e. The lowest BCUT2D eigenvalue weighted by atomic mass is 9.93. The van der Waals surface area contributed by atoms with E-state index in [9.17, 15) is 9.59 Å². The minimum Gasteiger partial charge on any atom is -0.493 e. The van der Waals surface area contributed by atoms with E-state index in [0.29, 0.717) is 18.0 Å². The molecule has 1 heterocycles. The minimum absolute atomic E-state index is 0.126. The maximum atomic E-state index is 12.0. The molecule has 1 N–H and O–H groups in total. The molecule has 1 aliphatic rings. The number of hydrogen-bond acceptors (Lipinski definition) is 5. The third-order valence-corrected chi connectivity index (χ3v) is 3.76. The van der Waals surface area contributed by atoms with E-state index in [1.54, 1.807) is 20.3 Å². The lowest BCUT2D eigenvalue weighted by molar-refractivity contribution is -0.135. The number of rotatable bonds is 5. The molecule has 0 radical (unpaired) electrons. The van der Waals surface area contributed by atoms with E-state index in [4.69, 9.17) is 14.6 Å². The Balaban J connectivity index is 2.40. The van der Waals surface area contributed by atoms with Crippen LogP contribution in [0.25, 0.3) is 0 Å². The number of carbonyl (C=O) groups is 2. The van der Waals surface area contributed by atoms with E-state index in [0.717, 1.165) is 5.56 Å². The Hall–Kier alpha value is -2.50. The molecule has 1 aromatic rings. The van der Waals surface area contributed by atoms with Crippen molar-refractivity contribution in [3.05, 3.63) is 35.5 Å². The zero-order chi connectivity index (χ0) is 16.3. The number of methoxy groups -OCH3 is 2. The first-order chi connectivity index (χ1) is 10.5. The first-order valence-electron chi connectivity index (χ1n) is 6.97. The number of nitrogens with zero attached hydrogens (tertiary/aromatic N) is 1. The monoisotopic (exact) mass is 305 g/mol. The number of ketones is 1. The normalized spacial score (nSPS) is 18.0. The van der Waals surface area contributed by atoms with E-state index in [1.807, 2.05) is 24.0 Å². The summed E-state index contributed by atoms with van der Waals surface area (Å²) in [5, 5.41) is 9.08. The van der Waals surface area contributed by atoms with Crippen LogP contribution in [-0.4, -0.2) is 42.5 Å².